The zero-order chi connectivity index (χ0) is 8.81. The predicted octanol–water partition coefficient (Wildman–Crippen LogP) is -0.232. The number of carbonyl (C=O) groups is 1. The Hall–Kier alpha value is -1.08. The van der Waals surface area contributed by atoms with E-state index in [0.29, 0.717) is 19.4 Å². The van der Waals surface area contributed by atoms with Gasteiger partial charge in [0.2, 0.25) is 5.91 Å². The third-order valence-electron chi connectivity index (χ3n) is 1.89. The van der Waals surface area contributed by atoms with Crippen LogP contribution in [0.3, 0.4) is 0 Å². The molecule has 0 bridgehead atoms. The fourth-order valence-corrected chi connectivity index (χ4v) is 1.25. The lowest BCUT2D eigenvalue weighted by atomic mass is 10.2. The first-order chi connectivity index (χ1) is 5.83. The molecular formula is C8H13N3O. The minimum absolute atomic E-state index is 0.141. The van der Waals surface area contributed by atoms with E-state index in [1.807, 2.05) is 0 Å². The van der Waals surface area contributed by atoms with Crippen LogP contribution in [0.1, 0.15) is 19.3 Å². The fourth-order valence-electron chi connectivity index (χ4n) is 1.25. The fraction of sp³-hybridized carbons (Fsp3) is 0.750. The largest absolute Gasteiger partial charge is 0.352 e. The second-order valence-corrected chi connectivity index (χ2v) is 2.92. The van der Waals surface area contributed by atoms with E-state index in [1.54, 1.807) is 0 Å². The summed E-state index contributed by atoms with van der Waals surface area (Å²) in [5.74, 6) is 0.141. The lowest BCUT2D eigenvalue weighted by Gasteiger charge is -2.09. The molecule has 66 valence electrons. The highest BCUT2D eigenvalue weighted by Gasteiger charge is 2.19. The van der Waals surface area contributed by atoms with Gasteiger partial charge in [0.15, 0.2) is 0 Å². The van der Waals surface area contributed by atoms with E-state index >= 15 is 0 Å². The van der Waals surface area contributed by atoms with Crippen LogP contribution in [0.2, 0.25) is 0 Å². The number of carbonyl (C=O) groups excluding carboxylic acids is 1. The molecule has 0 saturated carbocycles. The Kier molecular flexibility index (Phi) is 3.55. The Bertz CT molecular complexity index is 197. The number of hydrogen-bond acceptors (Lipinski definition) is 3. The summed E-state index contributed by atoms with van der Waals surface area (Å²) in [7, 11) is 0. The Morgan fingerprint density at radius 1 is 1.75 bits per heavy atom. The van der Waals surface area contributed by atoms with Crippen molar-refractivity contribution < 1.29 is 4.79 Å². The molecule has 1 amide bonds. The van der Waals surface area contributed by atoms with Crippen LogP contribution in [0.25, 0.3) is 0 Å². The van der Waals surface area contributed by atoms with Crippen LogP contribution in [-0.2, 0) is 4.79 Å². The number of amides is 1. The SMILES string of the molecule is N#CCCNCC1CCC(=O)N1. The summed E-state index contributed by atoms with van der Waals surface area (Å²) >= 11 is 0. The second-order valence-electron chi connectivity index (χ2n) is 2.92. The molecule has 0 aliphatic carbocycles. The molecule has 1 unspecified atom stereocenters. The molecule has 0 aromatic rings. The summed E-state index contributed by atoms with van der Waals surface area (Å²) < 4.78 is 0. The zero-order valence-electron chi connectivity index (χ0n) is 6.97. The molecule has 1 rings (SSSR count). The third kappa shape index (κ3) is 2.89. The molecule has 1 atom stereocenters. The van der Waals surface area contributed by atoms with Crippen molar-refractivity contribution in [3.8, 4) is 6.07 Å². The molecule has 0 aromatic carbocycles. The Balaban J connectivity index is 2.01. The molecule has 1 fully saturated rings. The molecule has 2 N–H and O–H groups in total. The minimum Gasteiger partial charge on any atom is -0.352 e. The van der Waals surface area contributed by atoms with Crippen LogP contribution < -0.4 is 10.6 Å². The third-order valence-corrected chi connectivity index (χ3v) is 1.89. The number of nitrogens with one attached hydrogen (secondary N) is 2. The van der Waals surface area contributed by atoms with E-state index in [4.69, 9.17) is 5.26 Å². The van der Waals surface area contributed by atoms with Crippen LogP contribution in [0, 0.1) is 11.3 Å². The quantitative estimate of drug-likeness (QED) is 0.568. The smallest absolute Gasteiger partial charge is 0.220 e. The number of rotatable bonds is 4. The average Bonchev–Trinajstić information content (AvgIpc) is 2.45. The normalized spacial score (nSPS) is 21.9. The monoisotopic (exact) mass is 167 g/mol. The van der Waals surface area contributed by atoms with Crippen molar-refractivity contribution in [3.63, 3.8) is 0 Å². The molecule has 0 aromatic heterocycles. The summed E-state index contributed by atoms with van der Waals surface area (Å²) in [4.78, 5) is 10.8. The van der Waals surface area contributed by atoms with Crippen molar-refractivity contribution in [1.29, 1.82) is 5.26 Å². The average molecular weight is 167 g/mol. The lowest BCUT2D eigenvalue weighted by molar-refractivity contribution is -0.119. The highest BCUT2D eigenvalue weighted by Crippen LogP contribution is 2.04. The first-order valence-electron chi connectivity index (χ1n) is 4.20. The molecule has 1 aliphatic rings. The lowest BCUT2D eigenvalue weighted by Crippen LogP contribution is -2.35. The van der Waals surface area contributed by atoms with Gasteiger partial charge in [0.1, 0.15) is 0 Å². The van der Waals surface area contributed by atoms with Crippen molar-refractivity contribution in [2.45, 2.75) is 25.3 Å². The van der Waals surface area contributed by atoms with E-state index in [1.165, 1.54) is 0 Å². The van der Waals surface area contributed by atoms with Gasteiger partial charge < -0.3 is 10.6 Å². The van der Waals surface area contributed by atoms with Gasteiger partial charge in [0.25, 0.3) is 0 Å². The number of nitrogens with zero attached hydrogens (tertiary/aromatic N) is 1. The second kappa shape index (κ2) is 4.73. The van der Waals surface area contributed by atoms with Crippen molar-refractivity contribution in [2.24, 2.45) is 0 Å². The first-order valence-corrected chi connectivity index (χ1v) is 4.20. The van der Waals surface area contributed by atoms with E-state index in [9.17, 15) is 4.79 Å². The van der Waals surface area contributed by atoms with Gasteiger partial charge in [-0.25, -0.2) is 0 Å². The minimum atomic E-state index is 0.141. The molecule has 4 heteroatoms. The number of nitriles is 1. The van der Waals surface area contributed by atoms with Crippen LogP contribution in [0.15, 0.2) is 0 Å². The number of hydrogen-bond donors (Lipinski definition) is 2. The zero-order valence-corrected chi connectivity index (χ0v) is 6.97. The van der Waals surface area contributed by atoms with Gasteiger partial charge >= 0.3 is 0 Å². The van der Waals surface area contributed by atoms with Gasteiger partial charge in [0.05, 0.1) is 6.07 Å². The van der Waals surface area contributed by atoms with Gasteiger partial charge in [-0.2, -0.15) is 5.26 Å². The summed E-state index contributed by atoms with van der Waals surface area (Å²) in [6.45, 7) is 1.50. The topological polar surface area (TPSA) is 64.9 Å². The first kappa shape index (κ1) is 9.01. The van der Waals surface area contributed by atoms with Crippen molar-refractivity contribution in [1.82, 2.24) is 10.6 Å². The highest BCUT2D eigenvalue weighted by molar-refractivity contribution is 5.78. The van der Waals surface area contributed by atoms with Crippen molar-refractivity contribution >= 4 is 5.91 Å². The molecular weight excluding hydrogens is 154 g/mol. The molecule has 1 saturated heterocycles. The Morgan fingerprint density at radius 3 is 3.17 bits per heavy atom. The molecule has 1 aliphatic heterocycles. The van der Waals surface area contributed by atoms with E-state index in [0.717, 1.165) is 13.0 Å². The Morgan fingerprint density at radius 2 is 2.58 bits per heavy atom. The van der Waals surface area contributed by atoms with E-state index in [-0.39, 0.29) is 11.9 Å². The van der Waals surface area contributed by atoms with E-state index in [2.05, 4.69) is 16.7 Å². The Labute approximate surface area is 71.9 Å². The predicted molar refractivity (Wildman–Crippen MR) is 44.3 cm³/mol. The summed E-state index contributed by atoms with van der Waals surface area (Å²) in [6, 6.07) is 2.33. The van der Waals surface area contributed by atoms with Crippen molar-refractivity contribution in [2.75, 3.05) is 13.1 Å². The summed E-state index contributed by atoms with van der Waals surface area (Å²) in [6.07, 6.45) is 2.09. The van der Waals surface area contributed by atoms with Crippen LogP contribution in [0.4, 0.5) is 0 Å². The maximum absolute atomic E-state index is 10.8. The van der Waals surface area contributed by atoms with Crippen LogP contribution in [0.5, 0.6) is 0 Å². The molecule has 0 radical (unpaired) electrons. The standard InChI is InChI=1S/C8H13N3O/c9-4-1-5-10-6-7-2-3-8(12)11-7/h7,10H,1-3,5-6H2,(H,11,12). The van der Waals surface area contributed by atoms with Gasteiger partial charge in [0, 0.05) is 32.0 Å². The maximum atomic E-state index is 10.8. The van der Waals surface area contributed by atoms with Gasteiger partial charge in [-0.05, 0) is 6.42 Å². The van der Waals surface area contributed by atoms with Gasteiger partial charge in [-0.1, -0.05) is 0 Å². The molecule has 1 heterocycles. The highest BCUT2D eigenvalue weighted by atomic mass is 16.1. The van der Waals surface area contributed by atoms with Crippen molar-refractivity contribution in [3.05, 3.63) is 0 Å². The maximum Gasteiger partial charge on any atom is 0.220 e. The summed E-state index contributed by atoms with van der Waals surface area (Å²) in [5.41, 5.74) is 0. The van der Waals surface area contributed by atoms with Crippen LogP contribution >= 0.6 is 0 Å². The molecule has 0 spiro atoms. The van der Waals surface area contributed by atoms with Gasteiger partial charge in [-0.3, -0.25) is 4.79 Å². The molecule has 12 heavy (non-hydrogen) atoms. The van der Waals surface area contributed by atoms with Gasteiger partial charge in [-0.15, -0.1) is 0 Å². The summed E-state index contributed by atoms with van der Waals surface area (Å²) in [5, 5.41) is 14.2. The van der Waals surface area contributed by atoms with Crippen LogP contribution in [-0.4, -0.2) is 25.0 Å². The molecule has 4 nitrogen and oxygen atoms in total. The van der Waals surface area contributed by atoms with E-state index < -0.39 is 0 Å².